The lowest BCUT2D eigenvalue weighted by molar-refractivity contribution is -0.251. The van der Waals surface area contributed by atoms with E-state index in [-0.39, 0.29) is 5.56 Å². The van der Waals surface area contributed by atoms with Crippen molar-refractivity contribution in [3.63, 3.8) is 0 Å². The average molecular weight is 365 g/mol. The van der Waals surface area contributed by atoms with Gasteiger partial charge in [0.2, 0.25) is 0 Å². The maximum Gasteiger partial charge on any atom is 0.376 e. The van der Waals surface area contributed by atoms with Gasteiger partial charge in [-0.1, -0.05) is 27.2 Å². The summed E-state index contributed by atoms with van der Waals surface area (Å²) >= 11 is 0. The predicted octanol–water partition coefficient (Wildman–Crippen LogP) is 4.42. The third kappa shape index (κ3) is 4.61. The third-order valence-electron chi connectivity index (χ3n) is 4.89. The van der Waals surface area contributed by atoms with Crippen molar-refractivity contribution in [1.29, 1.82) is 0 Å². The summed E-state index contributed by atoms with van der Waals surface area (Å²) in [6.07, 6.45) is 3.85. The zero-order chi connectivity index (χ0) is 19.3. The Morgan fingerprint density at radius 3 is 2.19 bits per heavy atom. The van der Waals surface area contributed by atoms with Crippen LogP contribution in [0.2, 0.25) is 0 Å². The first-order valence-electron chi connectivity index (χ1n) is 8.95. The van der Waals surface area contributed by atoms with Crippen LogP contribution >= 0.6 is 0 Å². The van der Waals surface area contributed by atoms with E-state index in [0.717, 1.165) is 25.4 Å². The Kier molecular flexibility index (Phi) is 7.14. The van der Waals surface area contributed by atoms with Gasteiger partial charge in [0.25, 0.3) is 0 Å². The van der Waals surface area contributed by atoms with Gasteiger partial charge in [0, 0.05) is 12.1 Å². The van der Waals surface area contributed by atoms with Crippen LogP contribution in [0.5, 0.6) is 17.2 Å². The van der Waals surface area contributed by atoms with Crippen molar-refractivity contribution < 1.29 is 28.8 Å². The third-order valence-corrected chi connectivity index (χ3v) is 4.89. The van der Waals surface area contributed by atoms with E-state index in [2.05, 4.69) is 20.8 Å². The highest BCUT2D eigenvalue weighted by Crippen LogP contribution is 2.41. The van der Waals surface area contributed by atoms with Gasteiger partial charge in [-0.15, -0.1) is 0 Å². The zero-order valence-electron chi connectivity index (χ0n) is 16.5. The van der Waals surface area contributed by atoms with Crippen LogP contribution in [0.3, 0.4) is 0 Å². The number of carbonyl (C=O) groups is 1. The van der Waals surface area contributed by atoms with Crippen LogP contribution in [0.4, 0.5) is 0 Å². The lowest BCUT2D eigenvalue weighted by atomic mass is 9.75. The second-order valence-electron chi connectivity index (χ2n) is 7.07. The largest absolute Gasteiger partial charge is 0.496 e. The normalized spacial score (nSPS) is 20.7. The Labute approximate surface area is 155 Å². The van der Waals surface area contributed by atoms with Crippen molar-refractivity contribution in [2.45, 2.75) is 40.0 Å². The summed E-state index contributed by atoms with van der Waals surface area (Å²) in [7, 11) is 4.50. The van der Waals surface area contributed by atoms with Crippen molar-refractivity contribution >= 4 is 5.97 Å². The van der Waals surface area contributed by atoms with Crippen molar-refractivity contribution in [1.82, 2.24) is 0 Å². The van der Waals surface area contributed by atoms with E-state index in [1.807, 2.05) is 0 Å². The van der Waals surface area contributed by atoms with E-state index in [0.29, 0.717) is 35.0 Å². The van der Waals surface area contributed by atoms with Crippen LogP contribution in [0, 0.1) is 23.9 Å². The average Bonchev–Trinajstić information content (AvgIpc) is 2.64. The minimum Gasteiger partial charge on any atom is -0.496 e. The molecule has 1 aliphatic carbocycles. The number of benzene rings is 1. The summed E-state index contributed by atoms with van der Waals surface area (Å²) in [6, 6.07) is 3.11. The fraction of sp³-hybridized carbons (Fsp3) is 0.600. The molecule has 0 spiro atoms. The molecule has 0 heterocycles. The Bertz CT molecular complexity index is 613. The number of methoxy groups -OCH3 is 3. The molecule has 0 bridgehead atoms. The van der Waals surface area contributed by atoms with Crippen LogP contribution in [0.15, 0.2) is 12.1 Å². The summed E-state index contributed by atoms with van der Waals surface area (Å²) in [5.74, 6) is 1.85. The minimum absolute atomic E-state index is 0.218. The molecule has 2 rings (SSSR count). The lowest BCUT2D eigenvalue weighted by Crippen LogP contribution is -2.28. The van der Waals surface area contributed by atoms with Crippen molar-refractivity contribution in [3.8, 4) is 17.2 Å². The number of rotatable bonds is 7. The molecule has 2 unspecified atom stereocenters. The molecular weight excluding hydrogens is 336 g/mol. The van der Waals surface area contributed by atoms with E-state index in [1.165, 1.54) is 27.4 Å². The molecule has 1 fully saturated rings. The van der Waals surface area contributed by atoms with Crippen LogP contribution in [0.1, 0.15) is 50.4 Å². The molecule has 145 valence electrons. The van der Waals surface area contributed by atoms with Gasteiger partial charge in [0.15, 0.2) is 17.6 Å². The molecule has 6 nitrogen and oxygen atoms in total. The molecule has 0 aromatic heterocycles. The molecule has 0 N–H and O–H groups in total. The van der Waals surface area contributed by atoms with Gasteiger partial charge < -0.3 is 14.2 Å². The fourth-order valence-electron chi connectivity index (χ4n) is 3.35. The molecule has 26 heavy (non-hydrogen) atoms. The molecule has 2 atom stereocenters. The van der Waals surface area contributed by atoms with Crippen LogP contribution in [0.25, 0.3) is 0 Å². The van der Waals surface area contributed by atoms with Gasteiger partial charge in [-0.3, -0.25) is 4.89 Å². The predicted molar refractivity (Wildman–Crippen MR) is 97.2 cm³/mol. The lowest BCUT2D eigenvalue weighted by Gasteiger charge is -2.34. The van der Waals surface area contributed by atoms with E-state index in [1.54, 1.807) is 6.07 Å². The van der Waals surface area contributed by atoms with Gasteiger partial charge in [-0.25, -0.2) is 4.79 Å². The highest BCUT2D eigenvalue weighted by atomic mass is 17.2. The van der Waals surface area contributed by atoms with Gasteiger partial charge >= 0.3 is 5.97 Å². The number of ether oxygens (including phenoxy) is 3. The van der Waals surface area contributed by atoms with Crippen LogP contribution in [-0.4, -0.2) is 27.3 Å². The Hall–Kier alpha value is -1.95. The van der Waals surface area contributed by atoms with Gasteiger partial charge in [0.05, 0.1) is 21.3 Å². The molecule has 1 aromatic rings. The summed E-state index contributed by atoms with van der Waals surface area (Å²) in [4.78, 5) is 23.2. The van der Waals surface area contributed by atoms with E-state index in [4.69, 9.17) is 24.0 Å². The van der Waals surface area contributed by atoms with Gasteiger partial charge in [-0.2, -0.15) is 4.89 Å². The molecule has 0 saturated heterocycles. The fourth-order valence-corrected chi connectivity index (χ4v) is 3.35. The molecule has 1 aromatic carbocycles. The van der Waals surface area contributed by atoms with Crippen LogP contribution in [-0.2, 0) is 9.78 Å². The highest BCUT2D eigenvalue weighted by Gasteiger charge is 2.34. The van der Waals surface area contributed by atoms with Gasteiger partial charge in [0.1, 0.15) is 11.3 Å². The smallest absolute Gasteiger partial charge is 0.376 e. The minimum atomic E-state index is -0.629. The quantitative estimate of drug-likeness (QED) is 0.526. The molecule has 0 amide bonds. The summed E-state index contributed by atoms with van der Waals surface area (Å²) < 4.78 is 15.8. The SMILES string of the molecule is COc1cc(OC)c(C(=O)OO[C]2CC(C)CCC2C(C)C)cc1OC. The maximum absolute atomic E-state index is 12.6. The highest BCUT2D eigenvalue weighted by molar-refractivity contribution is 5.93. The summed E-state index contributed by atoms with van der Waals surface area (Å²) in [5, 5.41) is 0. The number of hydrogen-bond donors (Lipinski definition) is 0. The van der Waals surface area contributed by atoms with Crippen molar-refractivity contribution in [2.24, 2.45) is 17.8 Å². The molecular formula is C20H29O6. The van der Waals surface area contributed by atoms with E-state index >= 15 is 0 Å². The van der Waals surface area contributed by atoms with E-state index in [9.17, 15) is 4.79 Å². The maximum atomic E-state index is 12.6. The Balaban J connectivity index is 2.13. The number of hydrogen-bond acceptors (Lipinski definition) is 6. The Morgan fingerprint density at radius 2 is 1.62 bits per heavy atom. The standard InChI is InChI=1S/C20H29O6/c1-12(2)14-8-7-13(3)9-17(14)25-26-20(21)15-10-18(23-5)19(24-6)11-16(15)22-4/h10-14H,7-9H2,1-6H3. The first-order chi connectivity index (χ1) is 12.4. The topological polar surface area (TPSA) is 63.2 Å². The molecule has 1 radical (unpaired) electrons. The molecule has 6 heteroatoms. The summed E-state index contributed by atoms with van der Waals surface area (Å²) in [5.41, 5.74) is 0.218. The van der Waals surface area contributed by atoms with Gasteiger partial charge in [-0.05, 0) is 30.6 Å². The van der Waals surface area contributed by atoms with Crippen molar-refractivity contribution in [3.05, 3.63) is 23.8 Å². The summed E-state index contributed by atoms with van der Waals surface area (Å²) in [6.45, 7) is 6.49. The first-order valence-corrected chi connectivity index (χ1v) is 8.95. The van der Waals surface area contributed by atoms with E-state index < -0.39 is 5.97 Å². The molecule has 1 saturated carbocycles. The zero-order valence-corrected chi connectivity index (χ0v) is 16.5. The van der Waals surface area contributed by atoms with Crippen LogP contribution < -0.4 is 14.2 Å². The molecule has 1 aliphatic rings. The second kappa shape index (κ2) is 9.12. The molecule has 0 aliphatic heterocycles. The van der Waals surface area contributed by atoms with Crippen molar-refractivity contribution in [2.75, 3.05) is 21.3 Å². The number of carbonyl (C=O) groups excluding carboxylic acids is 1. The first kappa shape index (κ1) is 20.4. The Morgan fingerprint density at radius 1 is 1.00 bits per heavy atom. The monoisotopic (exact) mass is 365 g/mol. The second-order valence-corrected chi connectivity index (χ2v) is 7.07.